The topological polar surface area (TPSA) is 133 Å². The number of carbonyl (C=O) groups excluding carboxylic acids is 4. The number of hydrogen-bond donors (Lipinski definition) is 3. The van der Waals surface area contributed by atoms with Crippen LogP contribution in [0.5, 0.6) is 0 Å². The molecule has 4 aliphatic heterocycles. The van der Waals surface area contributed by atoms with Crippen molar-refractivity contribution in [2.75, 3.05) is 75.4 Å². The highest BCUT2D eigenvalue weighted by Gasteiger charge is 2.52. The summed E-state index contributed by atoms with van der Waals surface area (Å²) in [5.74, 6) is -0.181. The average Bonchev–Trinajstić information content (AvgIpc) is 3.95. The predicted molar refractivity (Wildman–Crippen MR) is 291 cm³/mol. The summed E-state index contributed by atoms with van der Waals surface area (Å²) in [6, 6.07) is 59.8. The van der Waals surface area contributed by atoms with E-state index in [0.29, 0.717) is 31.5 Å². The first-order valence-corrected chi connectivity index (χ1v) is 26.4. The molecule has 6 aromatic rings. The number of nitrogens with zero attached hydrogens (tertiary/aromatic N) is 3. The van der Waals surface area contributed by atoms with Crippen molar-refractivity contribution >= 4 is 51.1 Å². The second kappa shape index (κ2) is 24.3. The van der Waals surface area contributed by atoms with Crippen molar-refractivity contribution in [3.8, 4) is 0 Å². The minimum atomic E-state index is -0.896. The highest BCUT2D eigenvalue weighted by Crippen LogP contribution is 2.41. The lowest BCUT2D eigenvalue weighted by Crippen LogP contribution is -2.56. The minimum Gasteiger partial charge on any atom is -0.468 e. The molecule has 13 heteroatoms. The fourth-order valence-electron chi connectivity index (χ4n) is 11.3. The fraction of sp³-hybridized carbons (Fsp3) is 0.333. The van der Waals surface area contributed by atoms with Crippen molar-refractivity contribution in [3.05, 3.63) is 204 Å². The van der Waals surface area contributed by atoms with E-state index in [-0.39, 0.29) is 29.3 Å². The summed E-state index contributed by atoms with van der Waals surface area (Å²) < 4.78 is 10.5. The van der Waals surface area contributed by atoms with Gasteiger partial charge in [0.15, 0.2) is 0 Å². The zero-order chi connectivity index (χ0) is 51.2. The van der Waals surface area contributed by atoms with Crippen LogP contribution in [0.1, 0.15) is 60.8 Å². The number of likely N-dealkylation sites (tertiary alicyclic amines) is 1. The third-order valence-electron chi connectivity index (χ3n) is 15.3. The first kappa shape index (κ1) is 52.5. The minimum absolute atomic E-state index is 0.114. The molecule has 4 heterocycles. The van der Waals surface area contributed by atoms with Crippen LogP contribution in [-0.2, 0) is 39.5 Å². The van der Waals surface area contributed by atoms with E-state index in [1.54, 1.807) is 0 Å². The molecule has 0 aromatic heterocycles. The van der Waals surface area contributed by atoms with E-state index in [1.165, 1.54) is 14.2 Å². The van der Waals surface area contributed by atoms with Gasteiger partial charge in [-0.2, -0.15) is 0 Å². The van der Waals surface area contributed by atoms with Crippen LogP contribution in [0.2, 0.25) is 0 Å². The molecule has 6 aromatic carbocycles. The fourth-order valence-corrected chi connectivity index (χ4v) is 11.9. The lowest BCUT2D eigenvalue weighted by atomic mass is 9.71. The van der Waals surface area contributed by atoms with Gasteiger partial charge in [0.1, 0.15) is 21.9 Å². The van der Waals surface area contributed by atoms with Gasteiger partial charge < -0.3 is 40.1 Å². The number of ether oxygens (including phenoxy) is 2. The smallest absolute Gasteiger partial charge is 0.320 e. The average molecular weight is 1050 g/mol. The molecule has 0 saturated carbocycles. The maximum atomic E-state index is 13.5. The Hall–Kier alpha value is -6.80. The Bertz CT molecular complexity index is 2630. The number of rotatable bonds is 13. The lowest BCUT2D eigenvalue weighted by Gasteiger charge is -2.44. The Morgan fingerprint density at radius 2 is 0.836 bits per heavy atom. The van der Waals surface area contributed by atoms with Crippen LogP contribution in [0.25, 0.3) is 0 Å². The number of piperidine rings is 2. The standard InChI is InChI=1S/C30H33N3O3.C17H17BrO2.C13H17N3O/c1-36-28(35)30(24-11-5-2-6-12-24,25-13-7-3-8-14-25)19-22-32-20-17-29(18-21-32)27(34)31-23-33(29)26-15-9-4-10-16-26;1-20-16(19)17(12-13-18,14-8-4-2-5-9-14)15-10-6-3-7-11-15;17-12-13(6-8-14-9-7-13)16(10-15-12)11-4-2-1-3-5-11/h2-16H,17-23H2,1H3,(H,31,34);2-11H,12-13H2,1H3;1-5,14H,6-10H2,(H,15,17). The zero-order valence-electron chi connectivity index (χ0n) is 41.9. The highest BCUT2D eigenvalue weighted by molar-refractivity contribution is 9.09. The maximum Gasteiger partial charge on any atom is 0.320 e. The summed E-state index contributed by atoms with van der Waals surface area (Å²) in [5.41, 5.74) is 3.48. The number of para-hydroxylation sites is 2. The van der Waals surface area contributed by atoms with E-state index in [9.17, 15) is 19.2 Å². The second-order valence-corrected chi connectivity index (χ2v) is 19.7. The van der Waals surface area contributed by atoms with Gasteiger partial charge >= 0.3 is 11.9 Å². The predicted octanol–water partition coefficient (Wildman–Crippen LogP) is 8.60. The van der Waals surface area contributed by atoms with Crippen LogP contribution in [-0.4, -0.2) is 105 Å². The molecule has 380 valence electrons. The van der Waals surface area contributed by atoms with Gasteiger partial charge in [-0.15, -0.1) is 0 Å². The molecule has 0 aliphatic carbocycles. The second-order valence-electron chi connectivity index (χ2n) is 19.0. The van der Waals surface area contributed by atoms with Gasteiger partial charge in [0.25, 0.3) is 0 Å². The SMILES string of the molecule is COC(=O)C(CCBr)(c1ccccc1)c1ccccc1.COC(=O)C(CCN1CCC2(CC1)C(=O)NCN2c1ccccc1)(c1ccccc1)c1ccccc1.O=C1NCN(c2ccccc2)C12CCNCC2. The van der Waals surface area contributed by atoms with Crippen LogP contribution in [0.3, 0.4) is 0 Å². The molecule has 3 N–H and O–H groups in total. The Morgan fingerprint density at radius 1 is 0.507 bits per heavy atom. The maximum absolute atomic E-state index is 13.5. The number of benzene rings is 6. The van der Waals surface area contributed by atoms with Crippen molar-refractivity contribution in [2.45, 2.75) is 60.4 Å². The number of amides is 2. The number of esters is 2. The molecular formula is C60H67BrN6O6. The van der Waals surface area contributed by atoms with E-state index in [0.717, 1.165) is 92.0 Å². The van der Waals surface area contributed by atoms with Crippen LogP contribution < -0.4 is 25.8 Å². The third-order valence-corrected chi connectivity index (χ3v) is 15.7. The van der Waals surface area contributed by atoms with Gasteiger partial charge in [0.05, 0.1) is 27.6 Å². The molecule has 0 atom stereocenters. The molecule has 0 radical (unpaired) electrons. The van der Waals surface area contributed by atoms with Gasteiger partial charge in [-0.1, -0.05) is 174 Å². The molecule has 12 nitrogen and oxygen atoms in total. The number of methoxy groups -OCH3 is 2. The number of halogens is 1. The third kappa shape index (κ3) is 10.8. The van der Waals surface area contributed by atoms with Crippen LogP contribution in [0.15, 0.2) is 182 Å². The molecular weight excluding hydrogens is 981 g/mol. The van der Waals surface area contributed by atoms with Crippen molar-refractivity contribution < 1.29 is 28.7 Å². The number of anilines is 2. The Balaban J connectivity index is 0.000000161. The van der Waals surface area contributed by atoms with Gasteiger partial charge in [-0.05, 0) is 105 Å². The quantitative estimate of drug-likeness (QED) is 0.0764. The van der Waals surface area contributed by atoms with Gasteiger partial charge in [0, 0.05) is 29.8 Å². The molecule has 73 heavy (non-hydrogen) atoms. The zero-order valence-corrected chi connectivity index (χ0v) is 43.5. The Morgan fingerprint density at radius 3 is 1.18 bits per heavy atom. The van der Waals surface area contributed by atoms with Crippen molar-refractivity contribution in [1.82, 2.24) is 20.9 Å². The normalized spacial score (nSPS) is 17.1. The highest BCUT2D eigenvalue weighted by atomic mass is 79.9. The van der Waals surface area contributed by atoms with Crippen molar-refractivity contribution in [2.24, 2.45) is 0 Å². The van der Waals surface area contributed by atoms with E-state index < -0.39 is 16.4 Å². The molecule has 0 unspecified atom stereocenters. The monoisotopic (exact) mass is 1050 g/mol. The van der Waals surface area contributed by atoms with Crippen molar-refractivity contribution in [1.29, 1.82) is 0 Å². The summed E-state index contributed by atoms with van der Waals surface area (Å²) in [6.45, 7) is 5.30. The molecule has 0 bridgehead atoms. The summed E-state index contributed by atoms with van der Waals surface area (Å²) >= 11 is 3.47. The molecule has 2 amide bonds. The summed E-state index contributed by atoms with van der Waals surface area (Å²) in [6.07, 6.45) is 4.50. The van der Waals surface area contributed by atoms with E-state index in [4.69, 9.17) is 9.47 Å². The van der Waals surface area contributed by atoms with E-state index in [2.05, 4.69) is 70.8 Å². The molecule has 4 saturated heterocycles. The van der Waals surface area contributed by atoms with Gasteiger partial charge in [0.2, 0.25) is 11.8 Å². The van der Waals surface area contributed by atoms with E-state index in [1.807, 2.05) is 158 Å². The Labute approximate surface area is 438 Å². The summed E-state index contributed by atoms with van der Waals surface area (Å²) in [7, 11) is 2.90. The summed E-state index contributed by atoms with van der Waals surface area (Å²) in [5, 5.41) is 10.1. The van der Waals surface area contributed by atoms with Gasteiger partial charge in [-0.25, -0.2) is 0 Å². The summed E-state index contributed by atoms with van der Waals surface area (Å²) in [4.78, 5) is 58.0. The van der Waals surface area contributed by atoms with Crippen LogP contribution in [0.4, 0.5) is 11.4 Å². The van der Waals surface area contributed by atoms with Crippen LogP contribution >= 0.6 is 15.9 Å². The number of nitrogens with one attached hydrogen (secondary N) is 3. The number of alkyl halides is 1. The van der Waals surface area contributed by atoms with E-state index >= 15 is 0 Å². The number of hydrogen-bond acceptors (Lipinski definition) is 10. The molecule has 2 spiro atoms. The van der Waals surface area contributed by atoms with Crippen LogP contribution in [0, 0.1) is 0 Å². The number of carbonyl (C=O) groups is 4. The molecule has 10 rings (SSSR count). The first-order valence-electron chi connectivity index (χ1n) is 25.3. The first-order chi connectivity index (χ1) is 35.7. The van der Waals surface area contributed by atoms with Crippen molar-refractivity contribution in [3.63, 3.8) is 0 Å². The lowest BCUT2D eigenvalue weighted by molar-refractivity contribution is -0.147. The molecule has 4 fully saturated rings. The molecule has 4 aliphatic rings. The Kier molecular flexibility index (Phi) is 17.5. The largest absolute Gasteiger partial charge is 0.468 e. The van der Waals surface area contributed by atoms with Gasteiger partial charge in [-0.3, -0.25) is 19.2 Å².